The van der Waals surface area contributed by atoms with Crippen LogP contribution in [0.5, 0.6) is 0 Å². The number of aliphatic hydroxyl groups excluding tert-OH is 1. The lowest BCUT2D eigenvalue weighted by atomic mass is 10.2. The van der Waals surface area contributed by atoms with E-state index in [4.69, 9.17) is 11.6 Å². The van der Waals surface area contributed by atoms with Gasteiger partial charge in [0, 0.05) is 25.3 Å². The van der Waals surface area contributed by atoms with Crippen molar-refractivity contribution in [2.45, 2.75) is 24.7 Å². The second kappa shape index (κ2) is 5.98. The van der Waals surface area contributed by atoms with Gasteiger partial charge in [0.25, 0.3) is 0 Å². The maximum Gasteiger partial charge on any atom is 0.417 e. The number of anilines is 1. The summed E-state index contributed by atoms with van der Waals surface area (Å²) in [5.41, 5.74) is -0.875. The molecule has 0 spiro atoms. The number of nitrogens with zero attached hydrogens (tertiary/aromatic N) is 3. The summed E-state index contributed by atoms with van der Waals surface area (Å²) in [4.78, 5) is 7.59. The van der Waals surface area contributed by atoms with E-state index in [1.54, 1.807) is 4.90 Å². The van der Waals surface area contributed by atoms with Gasteiger partial charge in [-0.25, -0.2) is 4.98 Å². The number of rotatable bonds is 3. The molecule has 1 aromatic heterocycles. The average Bonchev–Trinajstić information content (AvgIpc) is 2.67. The number of β-amino-alcohol motifs (C(OH)–C–C–N with tert-alkyl or cyclic N) is 1. The van der Waals surface area contributed by atoms with Crippen molar-refractivity contribution in [3.8, 4) is 0 Å². The molecule has 0 bridgehead atoms. The van der Waals surface area contributed by atoms with E-state index < -0.39 is 17.8 Å². The van der Waals surface area contributed by atoms with Gasteiger partial charge in [-0.3, -0.25) is 0 Å². The van der Waals surface area contributed by atoms with Crippen molar-refractivity contribution < 1.29 is 18.3 Å². The molecule has 0 amide bonds. The van der Waals surface area contributed by atoms with E-state index in [2.05, 4.69) is 4.98 Å². The van der Waals surface area contributed by atoms with Crippen LogP contribution in [0, 0.1) is 0 Å². The second-order valence-corrected chi connectivity index (χ2v) is 5.89. The Labute approximate surface area is 126 Å². The van der Waals surface area contributed by atoms with Crippen molar-refractivity contribution in [1.29, 1.82) is 0 Å². The van der Waals surface area contributed by atoms with Gasteiger partial charge in [0.15, 0.2) is 0 Å². The number of alkyl halides is 3. The van der Waals surface area contributed by atoms with E-state index in [0.717, 1.165) is 12.3 Å². The quantitative estimate of drug-likeness (QED) is 0.926. The number of halogens is 4. The Morgan fingerprint density at radius 3 is 2.67 bits per heavy atom. The van der Waals surface area contributed by atoms with Crippen LogP contribution in [0.25, 0.3) is 0 Å². The minimum Gasteiger partial charge on any atom is -0.391 e. The number of aromatic nitrogens is 1. The molecule has 8 heteroatoms. The van der Waals surface area contributed by atoms with E-state index >= 15 is 0 Å². The van der Waals surface area contributed by atoms with Crippen LogP contribution in [-0.4, -0.2) is 54.3 Å². The summed E-state index contributed by atoms with van der Waals surface area (Å²) in [7, 11) is 3.79. The first-order chi connectivity index (χ1) is 9.68. The first kappa shape index (κ1) is 16.3. The smallest absolute Gasteiger partial charge is 0.391 e. The topological polar surface area (TPSA) is 39.6 Å². The largest absolute Gasteiger partial charge is 0.417 e. The number of aliphatic hydroxyl groups is 1. The first-order valence-electron chi connectivity index (χ1n) is 6.50. The van der Waals surface area contributed by atoms with Gasteiger partial charge in [0.05, 0.1) is 16.7 Å². The summed E-state index contributed by atoms with van der Waals surface area (Å²) >= 11 is 5.97. The number of pyridine rings is 1. The molecule has 1 saturated heterocycles. The van der Waals surface area contributed by atoms with E-state index in [0.29, 0.717) is 19.5 Å². The van der Waals surface area contributed by atoms with Crippen molar-refractivity contribution >= 4 is 17.4 Å². The third kappa shape index (κ3) is 3.78. The lowest BCUT2D eigenvalue weighted by molar-refractivity contribution is -0.137. The molecule has 2 heterocycles. The summed E-state index contributed by atoms with van der Waals surface area (Å²) in [6, 6.07) is 0.846. The summed E-state index contributed by atoms with van der Waals surface area (Å²) in [5, 5.41) is 9.75. The number of hydrogen-bond donors (Lipinski definition) is 1. The summed E-state index contributed by atoms with van der Waals surface area (Å²) in [6.45, 7) is 0.979. The van der Waals surface area contributed by atoms with Gasteiger partial charge in [-0.1, -0.05) is 11.6 Å². The van der Waals surface area contributed by atoms with Crippen molar-refractivity contribution in [2.24, 2.45) is 0 Å². The molecule has 0 aliphatic carbocycles. The van der Waals surface area contributed by atoms with Crippen LogP contribution >= 0.6 is 11.6 Å². The van der Waals surface area contributed by atoms with E-state index in [-0.39, 0.29) is 16.9 Å². The third-order valence-electron chi connectivity index (χ3n) is 3.39. The van der Waals surface area contributed by atoms with E-state index in [1.165, 1.54) is 0 Å². The Kier molecular flexibility index (Phi) is 4.65. The number of likely N-dealkylation sites (N-methyl/N-ethyl adjacent to an activating group) is 1. The Morgan fingerprint density at radius 1 is 1.48 bits per heavy atom. The van der Waals surface area contributed by atoms with Crippen LogP contribution in [0.1, 0.15) is 12.0 Å². The molecule has 1 N–H and O–H groups in total. The highest BCUT2D eigenvalue weighted by atomic mass is 35.5. The zero-order valence-corrected chi connectivity index (χ0v) is 12.5. The van der Waals surface area contributed by atoms with Crippen LogP contribution in [0.2, 0.25) is 5.02 Å². The fourth-order valence-electron chi connectivity index (χ4n) is 2.54. The minimum absolute atomic E-state index is 0.0308. The van der Waals surface area contributed by atoms with Crippen LogP contribution in [0.4, 0.5) is 19.0 Å². The zero-order valence-electron chi connectivity index (χ0n) is 11.7. The molecular formula is C13H17ClF3N3O. The Balaban J connectivity index is 2.28. The van der Waals surface area contributed by atoms with Crippen LogP contribution in [0.15, 0.2) is 12.3 Å². The van der Waals surface area contributed by atoms with Gasteiger partial charge in [-0.05, 0) is 26.6 Å². The zero-order chi connectivity index (χ0) is 15.8. The SMILES string of the molecule is CN(C)CC1CC(O)CN1c1ncc(C(F)(F)F)cc1Cl. The Morgan fingerprint density at radius 2 is 2.14 bits per heavy atom. The normalized spacial score (nSPS) is 23.1. The molecule has 2 atom stereocenters. The molecule has 2 rings (SSSR count). The van der Waals surface area contributed by atoms with Crippen molar-refractivity contribution in [1.82, 2.24) is 9.88 Å². The van der Waals surface area contributed by atoms with Crippen molar-refractivity contribution in [2.75, 3.05) is 32.1 Å². The van der Waals surface area contributed by atoms with Gasteiger partial charge < -0.3 is 14.9 Å². The summed E-state index contributed by atoms with van der Waals surface area (Å²) in [5.74, 6) is 0.285. The number of hydrogen-bond acceptors (Lipinski definition) is 4. The standard InChI is InChI=1S/C13H17ClF3N3O/c1-19(2)6-9-4-10(21)7-20(9)12-11(14)3-8(5-18-12)13(15,16)17/h3,5,9-10,21H,4,6-7H2,1-2H3. The summed E-state index contributed by atoms with van der Waals surface area (Å²) < 4.78 is 37.9. The Bertz CT molecular complexity index is 510. The van der Waals surface area contributed by atoms with Crippen molar-refractivity contribution in [3.05, 3.63) is 22.8 Å². The molecule has 1 aliphatic rings. The molecule has 0 saturated carbocycles. The maximum atomic E-state index is 12.6. The lowest BCUT2D eigenvalue weighted by Crippen LogP contribution is -2.38. The molecule has 21 heavy (non-hydrogen) atoms. The highest BCUT2D eigenvalue weighted by Gasteiger charge is 2.35. The van der Waals surface area contributed by atoms with E-state index in [9.17, 15) is 18.3 Å². The van der Waals surface area contributed by atoms with Crippen LogP contribution in [-0.2, 0) is 6.18 Å². The molecule has 4 nitrogen and oxygen atoms in total. The Hall–Kier alpha value is -1.05. The van der Waals surface area contributed by atoms with Gasteiger partial charge in [0.2, 0.25) is 0 Å². The second-order valence-electron chi connectivity index (χ2n) is 5.49. The van der Waals surface area contributed by atoms with E-state index in [1.807, 2.05) is 19.0 Å². The molecule has 1 aliphatic heterocycles. The lowest BCUT2D eigenvalue weighted by Gasteiger charge is -2.28. The average molecular weight is 324 g/mol. The molecule has 0 aromatic carbocycles. The molecular weight excluding hydrogens is 307 g/mol. The predicted octanol–water partition coefficient (Wildman–Crippen LogP) is 2.26. The first-order valence-corrected chi connectivity index (χ1v) is 6.88. The fourth-order valence-corrected chi connectivity index (χ4v) is 2.82. The molecule has 2 unspecified atom stereocenters. The van der Waals surface area contributed by atoms with Crippen molar-refractivity contribution in [3.63, 3.8) is 0 Å². The highest BCUT2D eigenvalue weighted by molar-refractivity contribution is 6.33. The molecule has 1 fully saturated rings. The molecule has 118 valence electrons. The maximum absolute atomic E-state index is 12.6. The highest BCUT2D eigenvalue weighted by Crippen LogP contribution is 2.35. The van der Waals surface area contributed by atoms with Gasteiger partial charge in [-0.15, -0.1) is 0 Å². The van der Waals surface area contributed by atoms with Gasteiger partial charge in [0.1, 0.15) is 5.82 Å². The van der Waals surface area contributed by atoms with Crippen LogP contribution < -0.4 is 4.90 Å². The third-order valence-corrected chi connectivity index (χ3v) is 3.67. The fraction of sp³-hybridized carbons (Fsp3) is 0.615. The van der Waals surface area contributed by atoms with Crippen LogP contribution in [0.3, 0.4) is 0 Å². The minimum atomic E-state index is -4.47. The summed E-state index contributed by atoms with van der Waals surface area (Å²) in [6.07, 6.45) is -3.69. The van der Waals surface area contributed by atoms with Gasteiger partial charge in [-0.2, -0.15) is 13.2 Å². The monoisotopic (exact) mass is 323 g/mol. The molecule has 1 aromatic rings. The van der Waals surface area contributed by atoms with Gasteiger partial charge >= 0.3 is 6.18 Å². The predicted molar refractivity (Wildman–Crippen MR) is 74.6 cm³/mol. The molecule has 0 radical (unpaired) electrons.